The van der Waals surface area contributed by atoms with Gasteiger partial charge in [-0.2, -0.15) is 0 Å². The minimum atomic E-state index is -3.81. The Morgan fingerprint density at radius 2 is 1.61 bits per heavy atom. The van der Waals surface area contributed by atoms with E-state index >= 15 is 0 Å². The molecule has 31 heavy (non-hydrogen) atoms. The second-order valence-electron chi connectivity index (χ2n) is 7.39. The van der Waals surface area contributed by atoms with Crippen LogP contribution < -0.4 is 9.64 Å². The van der Waals surface area contributed by atoms with Crippen molar-refractivity contribution in [2.75, 3.05) is 38.2 Å². The van der Waals surface area contributed by atoms with E-state index in [1.165, 1.54) is 24.3 Å². The zero-order valence-corrected chi connectivity index (χ0v) is 18.3. The van der Waals surface area contributed by atoms with E-state index in [1.54, 1.807) is 24.1 Å². The fourth-order valence-electron chi connectivity index (χ4n) is 3.61. The van der Waals surface area contributed by atoms with Crippen LogP contribution in [0.4, 0.5) is 5.69 Å². The SMILES string of the molecule is COc1ccccc1N1CCN(C(=O)c2ccc(S(=O)(=O)c3ccc(C)cc3)o2)CC1. The molecule has 1 fully saturated rings. The van der Waals surface area contributed by atoms with Gasteiger partial charge in [0.15, 0.2) is 5.76 Å². The number of sulfone groups is 1. The van der Waals surface area contributed by atoms with E-state index in [-0.39, 0.29) is 21.7 Å². The number of anilines is 1. The van der Waals surface area contributed by atoms with E-state index in [2.05, 4.69) is 4.90 Å². The van der Waals surface area contributed by atoms with E-state index in [4.69, 9.17) is 9.15 Å². The van der Waals surface area contributed by atoms with Gasteiger partial charge in [0.25, 0.3) is 5.91 Å². The normalized spacial score (nSPS) is 14.5. The monoisotopic (exact) mass is 440 g/mol. The second-order valence-corrected chi connectivity index (χ2v) is 9.27. The quantitative estimate of drug-likeness (QED) is 0.605. The maximum absolute atomic E-state index is 12.9. The van der Waals surface area contributed by atoms with Gasteiger partial charge >= 0.3 is 0 Å². The van der Waals surface area contributed by atoms with Crippen molar-refractivity contribution in [2.24, 2.45) is 0 Å². The lowest BCUT2D eigenvalue weighted by Gasteiger charge is -2.36. The molecule has 0 unspecified atom stereocenters. The molecule has 1 saturated heterocycles. The third-order valence-corrected chi connectivity index (χ3v) is 7.02. The summed E-state index contributed by atoms with van der Waals surface area (Å²) >= 11 is 0. The van der Waals surface area contributed by atoms with Crippen LogP contribution in [0.3, 0.4) is 0 Å². The van der Waals surface area contributed by atoms with Gasteiger partial charge in [-0.1, -0.05) is 29.8 Å². The molecule has 0 radical (unpaired) electrons. The topological polar surface area (TPSA) is 80.1 Å². The van der Waals surface area contributed by atoms with Gasteiger partial charge < -0.3 is 19.0 Å². The van der Waals surface area contributed by atoms with Crippen molar-refractivity contribution in [3.8, 4) is 5.75 Å². The van der Waals surface area contributed by atoms with Crippen molar-refractivity contribution in [1.29, 1.82) is 0 Å². The van der Waals surface area contributed by atoms with Crippen LogP contribution >= 0.6 is 0 Å². The number of nitrogens with zero attached hydrogens (tertiary/aromatic N) is 2. The molecule has 7 nitrogen and oxygen atoms in total. The third kappa shape index (κ3) is 4.16. The van der Waals surface area contributed by atoms with E-state index in [0.29, 0.717) is 26.2 Å². The molecular weight excluding hydrogens is 416 g/mol. The number of aryl methyl sites for hydroxylation is 1. The van der Waals surface area contributed by atoms with Gasteiger partial charge in [0.2, 0.25) is 14.9 Å². The average molecular weight is 441 g/mol. The maximum atomic E-state index is 12.9. The Kier molecular flexibility index (Phi) is 5.73. The minimum Gasteiger partial charge on any atom is -0.495 e. The highest BCUT2D eigenvalue weighted by atomic mass is 32.2. The molecule has 162 valence electrons. The van der Waals surface area contributed by atoms with Crippen molar-refractivity contribution in [1.82, 2.24) is 4.90 Å². The summed E-state index contributed by atoms with van der Waals surface area (Å²) in [5.74, 6) is 0.501. The number of methoxy groups -OCH3 is 1. The second kappa shape index (κ2) is 8.47. The van der Waals surface area contributed by atoms with Crippen LogP contribution in [-0.4, -0.2) is 52.5 Å². The number of rotatable bonds is 5. The smallest absolute Gasteiger partial charge is 0.289 e. The summed E-state index contributed by atoms with van der Waals surface area (Å²) in [7, 11) is -2.17. The lowest BCUT2D eigenvalue weighted by Crippen LogP contribution is -2.48. The number of amides is 1. The summed E-state index contributed by atoms with van der Waals surface area (Å²) in [6, 6.07) is 17.1. The maximum Gasteiger partial charge on any atom is 0.289 e. The Labute approximate surface area is 181 Å². The van der Waals surface area contributed by atoms with Gasteiger partial charge in [-0.05, 0) is 43.3 Å². The summed E-state index contributed by atoms with van der Waals surface area (Å²) < 4.78 is 36.5. The number of hydrogen-bond donors (Lipinski definition) is 0. The van der Waals surface area contributed by atoms with E-state index in [0.717, 1.165) is 17.0 Å². The van der Waals surface area contributed by atoms with Crippen molar-refractivity contribution in [3.05, 3.63) is 72.0 Å². The average Bonchev–Trinajstić information content (AvgIpc) is 3.30. The van der Waals surface area contributed by atoms with Crippen LogP contribution in [-0.2, 0) is 9.84 Å². The Bertz CT molecular complexity index is 1180. The molecule has 8 heteroatoms. The molecule has 0 spiro atoms. The molecule has 4 rings (SSSR count). The zero-order chi connectivity index (χ0) is 22.0. The summed E-state index contributed by atoms with van der Waals surface area (Å²) in [6.45, 7) is 4.16. The van der Waals surface area contributed by atoms with Crippen LogP contribution in [0.2, 0.25) is 0 Å². The minimum absolute atomic E-state index is 0.0245. The van der Waals surface area contributed by atoms with Gasteiger partial charge in [-0.15, -0.1) is 0 Å². The molecule has 0 aliphatic carbocycles. The molecule has 0 bridgehead atoms. The number of hydrogen-bond acceptors (Lipinski definition) is 6. The van der Waals surface area contributed by atoms with Gasteiger partial charge in [0.1, 0.15) is 5.75 Å². The first-order valence-corrected chi connectivity index (χ1v) is 11.5. The zero-order valence-electron chi connectivity index (χ0n) is 17.4. The number of carbonyl (C=O) groups excluding carboxylic acids is 1. The van der Waals surface area contributed by atoms with Crippen LogP contribution in [0.25, 0.3) is 0 Å². The van der Waals surface area contributed by atoms with E-state index < -0.39 is 9.84 Å². The highest BCUT2D eigenvalue weighted by Gasteiger charge is 2.28. The Balaban J connectivity index is 1.46. The molecule has 0 saturated carbocycles. The van der Waals surface area contributed by atoms with Crippen molar-refractivity contribution in [2.45, 2.75) is 16.9 Å². The summed E-state index contributed by atoms with van der Waals surface area (Å²) in [6.07, 6.45) is 0. The Hall–Kier alpha value is -3.26. The molecule has 2 heterocycles. The molecule has 3 aromatic rings. The third-order valence-electron chi connectivity index (χ3n) is 5.38. The largest absolute Gasteiger partial charge is 0.495 e. The first-order chi connectivity index (χ1) is 14.9. The fourth-order valence-corrected chi connectivity index (χ4v) is 4.78. The van der Waals surface area contributed by atoms with Crippen molar-refractivity contribution in [3.63, 3.8) is 0 Å². The number of carbonyl (C=O) groups is 1. The number of para-hydroxylation sites is 2. The van der Waals surface area contributed by atoms with Crippen molar-refractivity contribution < 1.29 is 22.4 Å². The first kappa shape index (κ1) is 21.0. The fraction of sp³-hybridized carbons (Fsp3) is 0.261. The molecule has 1 aliphatic rings. The summed E-state index contributed by atoms with van der Waals surface area (Å²) in [5, 5.41) is -0.229. The van der Waals surface area contributed by atoms with Gasteiger partial charge in [-0.25, -0.2) is 8.42 Å². The van der Waals surface area contributed by atoms with Crippen LogP contribution in [0, 0.1) is 6.92 Å². The van der Waals surface area contributed by atoms with Crippen molar-refractivity contribution >= 4 is 21.4 Å². The van der Waals surface area contributed by atoms with Crippen LogP contribution in [0.1, 0.15) is 16.1 Å². The van der Waals surface area contributed by atoms with Gasteiger partial charge in [0, 0.05) is 26.2 Å². The Morgan fingerprint density at radius 3 is 2.29 bits per heavy atom. The first-order valence-electron chi connectivity index (χ1n) is 9.99. The van der Waals surface area contributed by atoms with Gasteiger partial charge in [-0.3, -0.25) is 4.79 Å². The highest BCUT2D eigenvalue weighted by molar-refractivity contribution is 7.91. The molecule has 0 N–H and O–H groups in total. The number of benzene rings is 2. The Morgan fingerprint density at radius 1 is 0.935 bits per heavy atom. The molecule has 1 aliphatic heterocycles. The van der Waals surface area contributed by atoms with Gasteiger partial charge in [0.05, 0.1) is 17.7 Å². The predicted octanol–water partition coefficient (Wildman–Crippen LogP) is 3.39. The standard InChI is InChI=1S/C23H24N2O5S/c1-17-7-9-18(10-8-17)31(27,28)22-12-11-21(30-22)23(26)25-15-13-24(14-16-25)19-5-3-4-6-20(19)29-2/h3-12H,13-16H2,1-2H3. The number of ether oxygens (including phenoxy) is 1. The number of furan rings is 1. The lowest BCUT2D eigenvalue weighted by atomic mass is 10.2. The summed E-state index contributed by atoms with van der Waals surface area (Å²) in [4.78, 5) is 16.9. The predicted molar refractivity (Wildman–Crippen MR) is 116 cm³/mol. The molecule has 2 aromatic carbocycles. The van der Waals surface area contributed by atoms with E-state index in [9.17, 15) is 13.2 Å². The van der Waals surface area contributed by atoms with E-state index in [1.807, 2.05) is 31.2 Å². The molecular formula is C23H24N2O5S. The van der Waals surface area contributed by atoms with Crippen LogP contribution in [0.15, 0.2) is 75.1 Å². The molecule has 1 amide bonds. The molecule has 1 aromatic heterocycles. The number of piperazine rings is 1. The summed E-state index contributed by atoms with van der Waals surface area (Å²) in [5.41, 5.74) is 1.95. The van der Waals surface area contributed by atoms with Crippen LogP contribution in [0.5, 0.6) is 5.75 Å². The lowest BCUT2D eigenvalue weighted by molar-refractivity contribution is 0.0709. The molecule has 0 atom stereocenters. The highest BCUT2D eigenvalue weighted by Crippen LogP contribution is 2.29.